The van der Waals surface area contributed by atoms with E-state index in [1.54, 1.807) is 18.7 Å². The highest BCUT2D eigenvalue weighted by atomic mass is 16.6. The van der Waals surface area contributed by atoms with Crippen LogP contribution in [0.1, 0.15) is 16.2 Å². The summed E-state index contributed by atoms with van der Waals surface area (Å²) in [4.78, 5) is 21.5. The summed E-state index contributed by atoms with van der Waals surface area (Å²) in [6.45, 7) is 1.79. The summed E-state index contributed by atoms with van der Waals surface area (Å²) in [5.74, 6) is -0.862. The van der Waals surface area contributed by atoms with E-state index in [2.05, 4.69) is 20.6 Å². The van der Waals surface area contributed by atoms with Gasteiger partial charge in [-0.25, -0.2) is 0 Å². The number of carbonyl (C=O) groups is 1. The largest absolute Gasteiger partial charge is 0.358 e. The summed E-state index contributed by atoms with van der Waals surface area (Å²) in [5, 5.41) is 22.7. The number of anilines is 1. The maximum atomic E-state index is 11.8. The van der Waals surface area contributed by atoms with Crippen molar-refractivity contribution in [1.29, 1.82) is 0 Å². The molecule has 0 fully saturated rings. The van der Waals surface area contributed by atoms with Crippen molar-refractivity contribution >= 4 is 17.4 Å². The third kappa shape index (κ3) is 2.05. The lowest BCUT2D eigenvalue weighted by Gasteiger charge is -2.00. The fourth-order valence-corrected chi connectivity index (χ4v) is 1.33. The van der Waals surface area contributed by atoms with Gasteiger partial charge in [-0.2, -0.15) is 5.10 Å². The minimum absolute atomic E-state index is 0.0510. The summed E-state index contributed by atoms with van der Waals surface area (Å²) >= 11 is 0. The predicted molar refractivity (Wildman–Crippen MR) is 61.1 cm³/mol. The molecule has 0 spiro atoms. The van der Waals surface area contributed by atoms with Gasteiger partial charge in [0, 0.05) is 7.05 Å². The lowest BCUT2D eigenvalue weighted by Crippen LogP contribution is -2.12. The first-order valence-electron chi connectivity index (χ1n) is 4.99. The van der Waals surface area contributed by atoms with Crippen LogP contribution >= 0.6 is 0 Å². The van der Waals surface area contributed by atoms with Crippen molar-refractivity contribution in [2.24, 2.45) is 7.05 Å². The lowest BCUT2D eigenvalue weighted by molar-refractivity contribution is -0.389. The van der Waals surface area contributed by atoms with Crippen molar-refractivity contribution in [3.05, 3.63) is 33.8 Å². The number of nitro groups is 1. The third-order valence-corrected chi connectivity index (χ3v) is 2.48. The Hall–Kier alpha value is -2.71. The molecule has 0 atom stereocenters. The lowest BCUT2D eigenvalue weighted by atomic mass is 10.3. The Morgan fingerprint density at radius 2 is 2.33 bits per heavy atom. The van der Waals surface area contributed by atoms with Crippen LogP contribution in [0.2, 0.25) is 0 Å². The number of hydrogen-bond donors (Lipinski definition) is 2. The molecule has 0 bridgehead atoms. The number of rotatable bonds is 3. The van der Waals surface area contributed by atoms with Crippen molar-refractivity contribution in [2.75, 3.05) is 5.32 Å². The van der Waals surface area contributed by atoms with E-state index in [-0.39, 0.29) is 11.5 Å². The molecule has 9 heteroatoms. The molecule has 0 radical (unpaired) electrons. The quantitative estimate of drug-likeness (QED) is 0.611. The molecular formula is C9H10N6O3. The summed E-state index contributed by atoms with van der Waals surface area (Å²) in [7, 11) is 1.74. The Morgan fingerprint density at radius 3 is 2.83 bits per heavy atom. The number of nitrogens with zero attached hydrogens (tertiary/aromatic N) is 4. The highest BCUT2D eigenvalue weighted by molar-refractivity contribution is 6.03. The maximum absolute atomic E-state index is 11.8. The van der Waals surface area contributed by atoms with Crippen LogP contribution < -0.4 is 5.32 Å². The second kappa shape index (κ2) is 4.28. The normalized spacial score (nSPS) is 10.3. The Balaban J connectivity index is 2.17. The van der Waals surface area contributed by atoms with Gasteiger partial charge in [0.15, 0.2) is 5.69 Å². The minimum atomic E-state index is -0.654. The fraction of sp³-hybridized carbons (Fsp3) is 0.222. The first-order chi connectivity index (χ1) is 8.49. The van der Waals surface area contributed by atoms with Crippen LogP contribution in [0, 0.1) is 17.0 Å². The van der Waals surface area contributed by atoms with Crippen LogP contribution in [-0.2, 0) is 7.05 Å². The van der Waals surface area contributed by atoms with Gasteiger partial charge in [-0.15, -0.1) is 5.10 Å². The molecule has 2 aromatic rings. The first kappa shape index (κ1) is 11.8. The van der Waals surface area contributed by atoms with E-state index in [0.29, 0.717) is 5.69 Å². The molecule has 2 N–H and O–H groups in total. The van der Waals surface area contributed by atoms with Crippen molar-refractivity contribution in [3.8, 4) is 0 Å². The third-order valence-electron chi connectivity index (χ3n) is 2.48. The van der Waals surface area contributed by atoms with E-state index in [1.807, 2.05) is 0 Å². The number of amides is 1. The van der Waals surface area contributed by atoms with Crippen LogP contribution in [0.4, 0.5) is 11.5 Å². The molecule has 18 heavy (non-hydrogen) atoms. The summed E-state index contributed by atoms with van der Waals surface area (Å²) < 4.78 is 1.60. The molecule has 1 amide bonds. The topological polar surface area (TPSA) is 119 Å². The standard InChI is InChI=1S/C9H10N6O3/c1-5-7(4-10-14(5)2)11-9(16)6-3-8(13-12-6)15(17)18/h3-4H,1-2H3,(H,11,16)(H,12,13). The molecule has 0 aliphatic carbocycles. The van der Waals surface area contributed by atoms with Gasteiger partial charge in [0.05, 0.1) is 23.6 Å². The number of aromatic amines is 1. The van der Waals surface area contributed by atoms with Gasteiger partial charge in [-0.3, -0.25) is 9.48 Å². The average molecular weight is 250 g/mol. The van der Waals surface area contributed by atoms with Crippen molar-refractivity contribution in [3.63, 3.8) is 0 Å². The molecule has 0 saturated heterocycles. The summed E-state index contributed by atoms with van der Waals surface area (Å²) in [6.07, 6.45) is 1.49. The number of hydrogen-bond acceptors (Lipinski definition) is 5. The molecule has 2 aromatic heterocycles. The van der Waals surface area contributed by atoms with Crippen molar-refractivity contribution in [2.45, 2.75) is 6.92 Å². The van der Waals surface area contributed by atoms with Gasteiger partial charge in [0.25, 0.3) is 5.91 Å². The van der Waals surface area contributed by atoms with E-state index in [9.17, 15) is 14.9 Å². The molecule has 2 heterocycles. The van der Waals surface area contributed by atoms with Gasteiger partial charge in [0.2, 0.25) is 0 Å². The Labute approximate surface area is 101 Å². The average Bonchev–Trinajstić information content (AvgIpc) is 2.91. The molecular weight excluding hydrogens is 240 g/mol. The Bertz CT molecular complexity index is 614. The van der Waals surface area contributed by atoms with Gasteiger partial charge in [-0.05, 0) is 11.8 Å². The monoisotopic (exact) mass is 250 g/mol. The Morgan fingerprint density at radius 1 is 1.61 bits per heavy atom. The molecule has 0 saturated carbocycles. The van der Waals surface area contributed by atoms with E-state index < -0.39 is 10.8 Å². The Kier molecular flexibility index (Phi) is 2.80. The molecule has 0 aliphatic heterocycles. The van der Waals surface area contributed by atoms with E-state index >= 15 is 0 Å². The SMILES string of the molecule is Cc1c(NC(=O)c2cc([N+](=O)[O-])[nH]n2)cnn1C. The van der Waals surface area contributed by atoms with Crippen LogP contribution in [0.25, 0.3) is 0 Å². The highest BCUT2D eigenvalue weighted by Gasteiger charge is 2.17. The molecule has 0 unspecified atom stereocenters. The highest BCUT2D eigenvalue weighted by Crippen LogP contribution is 2.14. The van der Waals surface area contributed by atoms with Gasteiger partial charge in [-0.1, -0.05) is 5.10 Å². The number of carbonyl (C=O) groups excluding carboxylic acids is 1. The van der Waals surface area contributed by atoms with E-state index in [1.165, 1.54) is 6.20 Å². The van der Waals surface area contributed by atoms with Gasteiger partial charge < -0.3 is 15.4 Å². The number of aryl methyl sites for hydroxylation is 1. The zero-order valence-corrected chi connectivity index (χ0v) is 9.67. The predicted octanol–water partition coefficient (Wildman–Crippen LogP) is 0.612. The molecule has 0 aliphatic rings. The van der Waals surface area contributed by atoms with Crippen LogP contribution in [-0.4, -0.2) is 30.8 Å². The maximum Gasteiger partial charge on any atom is 0.343 e. The van der Waals surface area contributed by atoms with Crippen molar-refractivity contribution in [1.82, 2.24) is 20.0 Å². The van der Waals surface area contributed by atoms with Crippen LogP contribution in [0.3, 0.4) is 0 Å². The molecule has 0 aromatic carbocycles. The second-order valence-corrected chi connectivity index (χ2v) is 3.62. The second-order valence-electron chi connectivity index (χ2n) is 3.62. The zero-order valence-electron chi connectivity index (χ0n) is 9.67. The summed E-state index contributed by atoms with van der Waals surface area (Å²) in [5.41, 5.74) is 1.26. The smallest absolute Gasteiger partial charge is 0.343 e. The van der Waals surface area contributed by atoms with Gasteiger partial charge in [0.1, 0.15) is 0 Å². The molecule has 94 valence electrons. The number of nitrogens with one attached hydrogen (secondary N) is 2. The van der Waals surface area contributed by atoms with Crippen LogP contribution in [0.15, 0.2) is 12.3 Å². The summed E-state index contributed by atoms with van der Waals surface area (Å²) in [6, 6.07) is 1.07. The van der Waals surface area contributed by atoms with E-state index in [0.717, 1.165) is 11.8 Å². The van der Waals surface area contributed by atoms with Gasteiger partial charge >= 0.3 is 5.82 Å². The molecule has 9 nitrogen and oxygen atoms in total. The van der Waals surface area contributed by atoms with Crippen molar-refractivity contribution < 1.29 is 9.72 Å². The van der Waals surface area contributed by atoms with Crippen LogP contribution in [0.5, 0.6) is 0 Å². The number of aromatic nitrogens is 4. The number of H-pyrrole nitrogens is 1. The van der Waals surface area contributed by atoms with E-state index in [4.69, 9.17) is 0 Å². The first-order valence-corrected chi connectivity index (χ1v) is 4.99. The minimum Gasteiger partial charge on any atom is -0.358 e. The zero-order chi connectivity index (χ0) is 13.3. The fourth-order valence-electron chi connectivity index (χ4n) is 1.33. The molecule has 2 rings (SSSR count).